The van der Waals surface area contributed by atoms with E-state index < -0.39 is 0 Å². The van der Waals surface area contributed by atoms with Crippen LogP contribution in [0.2, 0.25) is 0 Å². The van der Waals surface area contributed by atoms with E-state index in [0.717, 1.165) is 24.7 Å². The van der Waals surface area contributed by atoms with Crippen LogP contribution in [0, 0.1) is 22.7 Å². The fourth-order valence-corrected chi connectivity index (χ4v) is 5.07. The zero-order valence-corrected chi connectivity index (χ0v) is 8.71. The summed E-state index contributed by atoms with van der Waals surface area (Å²) in [5.41, 5.74) is 0.220. The van der Waals surface area contributed by atoms with Crippen molar-refractivity contribution in [3.63, 3.8) is 0 Å². The van der Waals surface area contributed by atoms with Crippen LogP contribution in [0.4, 0.5) is 0 Å². The average Bonchev–Trinajstić information content (AvgIpc) is 2.88. The van der Waals surface area contributed by atoms with Crippen molar-refractivity contribution in [1.82, 2.24) is 0 Å². The summed E-state index contributed by atoms with van der Waals surface area (Å²) in [6.45, 7) is 0.620. The molecule has 0 aromatic carbocycles. The Morgan fingerprint density at radius 2 is 1.93 bits per heavy atom. The molecule has 0 aromatic heterocycles. The van der Waals surface area contributed by atoms with Gasteiger partial charge in [-0.25, -0.2) is 0 Å². The number of rotatable bonds is 2. The minimum atomic E-state index is 0.105. The second-order valence-electron chi connectivity index (χ2n) is 5.75. The lowest BCUT2D eigenvalue weighted by Crippen LogP contribution is -2.45. The molecule has 0 saturated heterocycles. The van der Waals surface area contributed by atoms with Gasteiger partial charge in [-0.3, -0.25) is 0 Å². The van der Waals surface area contributed by atoms with E-state index >= 15 is 0 Å². The minimum absolute atomic E-state index is 0.105. The lowest BCUT2D eigenvalue weighted by molar-refractivity contribution is -0.0597. The van der Waals surface area contributed by atoms with Gasteiger partial charge < -0.3 is 10.2 Å². The minimum Gasteiger partial charge on any atom is -0.396 e. The molecular formula is C12H20O2. The predicted octanol–water partition coefficient (Wildman–Crippen LogP) is 1.56. The summed E-state index contributed by atoms with van der Waals surface area (Å²) in [4.78, 5) is 0. The largest absolute Gasteiger partial charge is 0.396 e. The molecule has 3 aliphatic rings. The Labute approximate surface area is 85.3 Å². The zero-order valence-electron chi connectivity index (χ0n) is 8.71. The second kappa shape index (κ2) is 2.73. The van der Waals surface area contributed by atoms with Crippen LogP contribution in [-0.2, 0) is 0 Å². The third-order valence-corrected chi connectivity index (χ3v) is 5.70. The predicted molar refractivity (Wildman–Crippen MR) is 53.7 cm³/mol. The third kappa shape index (κ3) is 0.772. The van der Waals surface area contributed by atoms with E-state index in [-0.39, 0.29) is 10.8 Å². The molecular weight excluding hydrogens is 176 g/mol. The van der Waals surface area contributed by atoms with Crippen molar-refractivity contribution in [2.45, 2.75) is 38.5 Å². The SMILES string of the molecule is OC[C@@]12CC[C@@H](C1)[C@@H]1CCC[C@@]12CO. The van der Waals surface area contributed by atoms with Gasteiger partial charge in [-0.1, -0.05) is 6.42 Å². The highest BCUT2D eigenvalue weighted by atomic mass is 16.3. The monoisotopic (exact) mass is 196 g/mol. The van der Waals surface area contributed by atoms with Gasteiger partial charge in [0.05, 0.1) is 0 Å². The van der Waals surface area contributed by atoms with Gasteiger partial charge >= 0.3 is 0 Å². The van der Waals surface area contributed by atoms with Crippen LogP contribution in [0.15, 0.2) is 0 Å². The highest BCUT2D eigenvalue weighted by Gasteiger charge is 2.67. The van der Waals surface area contributed by atoms with Crippen molar-refractivity contribution in [3.05, 3.63) is 0 Å². The van der Waals surface area contributed by atoms with Gasteiger partial charge in [-0.05, 0) is 43.9 Å². The van der Waals surface area contributed by atoms with Gasteiger partial charge in [-0.2, -0.15) is 0 Å². The third-order valence-electron chi connectivity index (χ3n) is 5.70. The molecule has 80 valence electrons. The van der Waals surface area contributed by atoms with Gasteiger partial charge in [0.25, 0.3) is 0 Å². The van der Waals surface area contributed by atoms with Crippen LogP contribution < -0.4 is 0 Å². The van der Waals surface area contributed by atoms with Crippen molar-refractivity contribution >= 4 is 0 Å². The number of hydrogen-bond donors (Lipinski definition) is 2. The normalized spacial score (nSPS) is 55.3. The molecule has 2 nitrogen and oxygen atoms in total. The van der Waals surface area contributed by atoms with E-state index in [2.05, 4.69) is 0 Å². The molecule has 2 bridgehead atoms. The molecule has 0 radical (unpaired) electrons. The number of hydrogen-bond acceptors (Lipinski definition) is 2. The topological polar surface area (TPSA) is 40.5 Å². The van der Waals surface area contributed by atoms with Crippen molar-refractivity contribution < 1.29 is 10.2 Å². The Hall–Kier alpha value is -0.0800. The quantitative estimate of drug-likeness (QED) is 0.703. The zero-order chi connectivity index (χ0) is 9.81. The Bertz CT molecular complexity index is 253. The van der Waals surface area contributed by atoms with E-state index in [1.54, 1.807) is 0 Å². The van der Waals surface area contributed by atoms with E-state index in [1.165, 1.54) is 25.7 Å². The molecule has 2 heteroatoms. The first-order chi connectivity index (χ1) is 6.78. The molecule has 0 unspecified atom stereocenters. The molecule has 4 atom stereocenters. The van der Waals surface area contributed by atoms with E-state index in [9.17, 15) is 10.2 Å². The molecule has 3 rings (SSSR count). The molecule has 0 spiro atoms. The summed E-state index contributed by atoms with van der Waals surface area (Å²) < 4.78 is 0. The summed E-state index contributed by atoms with van der Waals surface area (Å²) in [5.74, 6) is 1.55. The standard InChI is InChI=1S/C12H20O2/c13-7-11-5-3-9(6-11)10-2-1-4-12(10,11)8-14/h9-10,13-14H,1-8H2/t9-,10-,11+,12+/m0/s1. The van der Waals surface area contributed by atoms with Crippen LogP contribution in [0.25, 0.3) is 0 Å². The second-order valence-corrected chi connectivity index (χ2v) is 5.75. The van der Waals surface area contributed by atoms with Crippen molar-refractivity contribution in [1.29, 1.82) is 0 Å². The molecule has 3 fully saturated rings. The lowest BCUT2D eigenvalue weighted by Gasteiger charge is -2.46. The average molecular weight is 196 g/mol. The molecule has 0 heterocycles. The fraction of sp³-hybridized carbons (Fsp3) is 1.00. The van der Waals surface area contributed by atoms with Crippen LogP contribution in [0.1, 0.15) is 38.5 Å². The fourth-order valence-electron chi connectivity index (χ4n) is 5.07. The van der Waals surface area contributed by atoms with E-state index in [4.69, 9.17) is 0 Å². The maximum atomic E-state index is 9.73. The Morgan fingerprint density at radius 3 is 2.64 bits per heavy atom. The van der Waals surface area contributed by atoms with Gasteiger partial charge in [0.1, 0.15) is 0 Å². The molecule has 0 aromatic rings. The van der Waals surface area contributed by atoms with E-state index in [0.29, 0.717) is 13.2 Å². The number of fused-ring (bicyclic) bond motifs is 5. The summed E-state index contributed by atoms with van der Waals surface area (Å²) >= 11 is 0. The first kappa shape index (κ1) is 9.17. The van der Waals surface area contributed by atoms with Gasteiger partial charge in [0, 0.05) is 24.0 Å². The van der Waals surface area contributed by atoms with Gasteiger partial charge in [0.15, 0.2) is 0 Å². The summed E-state index contributed by atoms with van der Waals surface area (Å²) in [7, 11) is 0. The summed E-state index contributed by atoms with van der Waals surface area (Å²) in [6, 6.07) is 0. The van der Waals surface area contributed by atoms with E-state index in [1.807, 2.05) is 0 Å². The van der Waals surface area contributed by atoms with Gasteiger partial charge in [0.2, 0.25) is 0 Å². The highest BCUT2D eigenvalue weighted by molar-refractivity contribution is 5.16. The molecule has 2 N–H and O–H groups in total. The Balaban J connectivity index is 2.04. The number of aliphatic hydroxyl groups is 2. The number of aliphatic hydroxyl groups excluding tert-OH is 2. The van der Waals surface area contributed by atoms with Crippen molar-refractivity contribution in [3.8, 4) is 0 Å². The molecule has 3 aliphatic carbocycles. The highest BCUT2D eigenvalue weighted by Crippen LogP contribution is 2.72. The summed E-state index contributed by atoms with van der Waals surface area (Å²) in [5, 5.41) is 19.4. The van der Waals surface area contributed by atoms with Crippen LogP contribution in [0.5, 0.6) is 0 Å². The van der Waals surface area contributed by atoms with Crippen LogP contribution in [-0.4, -0.2) is 23.4 Å². The van der Waals surface area contributed by atoms with Crippen molar-refractivity contribution in [2.75, 3.05) is 13.2 Å². The van der Waals surface area contributed by atoms with Crippen LogP contribution >= 0.6 is 0 Å². The molecule has 0 aliphatic heterocycles. The Morgan fingerprint density at radius 1 is 1.07 bits per heavy atom. The molecule has 3 saturated carbocycles. The van der Waals surface area contributed by atoms with Crippen molar-refractivity contribution in [2.24, 2.45) is 22.7 Å². The van der Waals surface area contributed by atoms with Crippen LogP contribution in [0.3, 0.4) is 0 Å². The lowest BCUT2D eigenvalue weighted by atomic mass is 9.60. The first-order valence-corrected chi connectivity index (χ1v) is 6.00. The van der Waals surface area contributed by atoms with Gasteiger partial charge in [-0.15, -0.1) is 0 Å². The Kier molecular flexibility index (Phi) is 1.79. The summed E-state index contributed by atoms with van der Waals surface area (Å²) in [6.07, 6.45) is 7.37. The molecule has 0 amide bonds. The maximum Gasteiger partial charge on any atom is 0.0496 e. The first-order valence-electron chi connectivity index (χ1n) is 6.00. The molecule has 14 heavy (non-hydrogen) atoms. The smallest absolute Gasteiger partial charge is 0.0496 e. The maximum absolute atomic E-state index is 9.73.